The first-order valence-corrected chi connectivity index (χ1v) is 8.81. The van der Waals surface area contributed by atoms with Crippen LogP contribution < -0.4 is 20.3 Å². The van der Waals surface area contributed by atoms with E-state index in [-0.39, 0.29) is 5.56 Å². The molecular formula is C20H23FN2O4. The second kappa shape index (κ2) is 10.2. The highest BCUT2D eigenvalue weighted by Crippen LogP contribution is 2.28. The Bertz CT molecular complexity index is 778. The molecule has 0 aromatic heterocycles. The predicted octanol–water partition coefficient (Wildman–Crippen LogP) is 3.48. The van der Waals surface area contributed by atoms with E-state index in [1.165, 1.54) is 24.3 Å². The molecular weight excluding hydrogens is 351 g/mol. The normalized spacial score (nSPS) is 10.2. The molecule has 0 fully saturated rings. The first-order chi connectivity index (χ1) is 13.0. The van der Waals surface area contributed by atoms with Crippen molar-refractivity contribution in [1.29, 1.82) is 0 Å². The van der Waals surface area contributed by atoms with Crippen LogP contribution in [0.5, 0.6) is 11.5 Å². The summed E-state index contributed by atoms with van der Waals surface area (Å²) in [7, 11) is 0. The van der Waals surface area contributed by atoms with E-state index in [0.29, 0.717) is 30.3 Å². The number of benzene rings is 2. The second-order valence-electron chi connectivity index (χ2n) is 5.71. The number of halogens is 1. The van der Waals surface area contributed by atoms with E-state index in [1.807, 2.05) is 6.92 Å². The number of carbonyl (C=O) groups excluding carboxylic acids is 2. The highest BCUT2D eigenvalue weighted by Gasteiger charge is 2.13. The van der Waals surface area contributed by atoms with Crippen molar-refractivity contribution in [3.05, 3.63) is 59.4 Å². The number of unbranched alkanes of at least 4 members (excludes halogenated alkanes) is 1. The summed E-state index contributed by atoms with van der Waals surface area (Å²) in [6.07, 6.45) is 1.93. The number of nitrogens with one attached hydrogen (secondary N) is 2. The van der Waals surface area contributed by atoms with Gasteiger partial charge >= 0.3 is 0 Å². The topological polar surface area (TPSA) is 76.7 Å². The lowest BCUT2D eigenvalue weighted by atomic mass is 10.2. The monoisotopic (exact) mass is 374 g/mol. The quantitative estimate of drug-likeness (QED) is 0.548. The summed E-state index contributed by atoms with van der Waals surface area (Å²) in [6, 6.07) is 9.80. The van der Waals surface area contributed by atoms with Gasteiger partial charge in [0.05, 0.1) is 13.2 Å². The Hall–Kier alpha value is -3.09. The predicted molar refractivity (Wildman–Crippen MR) is 99.3 cm³/mol. The van der Waals surface area contributed by atoms with Crippen LogP contribution in [0, 0.1) is 5.82 Å². The summed E-state index contributed by atoms with van der Waals surface area (Å²) in [4.78, 5) is 24.2. The number of ether oxygens (including phenoxy) is 2. The molecule has 2 amide bonds. The molecule has 2 rings (SSSR count). The van der Waals surface area contributed by atoms with Gasteiger partial charge in [-0.1, -0.05) is 13.3 Å². The molecule has 0 aliphatic carbocycles. The molecule has 7 heteroatoms. The molecule has 0 saturated carbocycles. The maximum absolute atomic E-state index is 12.9. The van der Waals surface area contributed by atoms with Gasteiger partial charge in [0, 0.05) is 11.1 Å². The van der Waals surface area contributed by atoms with Gasteiger partial charge < -0.3 is 9.47 Å². The van der Waals surface area contributed by atoms with Crippen LogP contribution in [0.3, 0.4) is 0 Å². The number of hydrazine groups is 1. The van der Waals surface area contributed by atoms with Crippen molar-refractivity contribution < 1.29 is 23.5 Å². The Morgan fingerprint density at radius 1 is 0.889 bits per heavy atom. The Morgan fingerprint density at radius 2 is 1.52 bits per heavy atom. The number of rotatable bonds is 8. The molecule has 0 bridgehead atoms. The van der Waals surface area contributed by atoms with E-state index < -0.39 is 17.6 Å². The molecule has 144 valence electrons. The Morgan fingerprint density at radius 3 is 2.15 bits per heavy atom. The van der Waals surface area contributed by atoms with Crippen molar-refractivity contribution in [2.45, 2.75) is 26.7 Å². The maximum atomic E-state index is 12.9. The number of amides is 2. The highest BCUT2D eigenvalue weighted by atomic mass is 19.1. The van der Waals surface area contributed by atoms with Crippen molar-refractivity contribution in [2.24, 2.45) is 0 Å². The molecule has 0 unspecified atom stereocenters. The summed E-state index contributed by atoms with van der Waals surface area (Å²) < 4.78 is 24.1. The smallest absolute Gasteiger partial charge is 0.269 e. The van der Waals surface area contributed by atoms with E-state index in [0.717, 1.165) is 12.8 Å². The lowest BCUT2D eigenvalue weighted by molar-refractivity contribution is 0.0846. The Kier molecular flexibility index (Phi) is 7.61. The van der Waals surface area contributed by atoms with E-state index in [9.17, 15) is 14.0 Å². The largest absolute Gasteiger partial charge is 0.490 e. The number of hydrogen-bond donors (Lipinski definition) is 2. The van der Waals surface area contributed by atoms with Gasteiger partial charge in [0.1, 0.15) is 5.82 Å². The van der Waals surface area contributed by atoms with Gasteiger partial charge in [-0.3, -0.25) is 20.4 Å². The molecule has 0 spiro atoms. The van der Waals surface area contributed by atoms with Crippen LogP contribution in [0.15, 0.2) is 42.5 Å². The van der Waals surface area contributed by atoms with Crippen LogP contribution in [0.1, 0.15) is 47.4 Å². The molecule has 0 heterocycles. The molecule has 0 radical (unpaired) electrons. The highest BCUT2D eigenvalue weighted by molar-refractivity contribution is 5.99. The zero-order chi connectivity index (χ0) is 19.6. The van der Waals surface area contributed by atoms with E-state index in [4.69, 9.17) is 9.47 Å². The third kappa shape index (κ3) is 5.99. The molecule has 0 atom stereocenters. The average Bonchev–Trinajstić information content (AvgIpc) is 2.68. The van der Waals surface area contributed by atoms with Crippen LogP contribution in [0.25, 0.3) is 0 Å². The van der Waals surface area contributed by atoms with Crippen LogP contribution in [-0.2, 0) is 0 Å². The van der Waals surface area contributed by atoms with Crippen molar-refractivity contribution in [2.75, 3.05) is 13.2 Å². The van der Waals surface area contributed by atoms with E-state index in [2.05, 4.69) is 17.8 Å². The van der Waals surface area contributed by atoms with Crippen LogP contribution in [-0.4, -0.2) is 25.0 Å². The Labute approximate surface area is 157 Å². The van der Waals surface area contributed by atoms with Crippen molar-refractivity contribution >= 4 is 11.8 Å². The molecule has 0 aliphatic heterocycles. The fourth-order valence-electron chi connectivity index (χ4n) is 2.22. The number of carbonyl (C=O) groups is 2. The zero-order valence-electron chi connectivity index (χ0n) is 15.4. The standard InChI is InChI=1S/C20H23FN2O4/c1-3-5-12-27-17-11-8-15(13-18(17)26-4-2)20(25)23-22-19(24)14-6-9-16(21)10-7-14/h6-11,13H,3-5,12H2,1-2H3,(H,22,24)(H,23,25). The van der Waals surface area contributed by atoms with Gasteiger partial charge in [-0.15, -0.1) is 0 Å². The third-order valence-corrected chi connectivity index (χ3v) is 3.66. The van der Waals surface area contributed by atoms with Crippen LogP contribution in [0.4, 0.5) is 4.39 Å². The van der Waals surface area contributed by atoms with E-state index in [1.54, 1.807) is 18.2 Å². The first-order valence-electron chi connectivity index (χ1n) is 8.81. The fourth-order valence-corrected chi connectivity index (χ4v) is 2.22. The summed E-state index contributed by atoms with van der Waals surface area (Å²) >= 11 is 0. The van der Waals surface area contributed by atoms with Crippen LogP contribution in [0.2, 0.25) is 0 Å². The maximum Gasteiger partial charge on any atom is 0.269 e. The van der Waals surface area contributed by atoms with Gasteiger partial charge in [-0.05, 0) is 55.8 Å². The minimum atomic E-state index is -0.548. The number of hydrogen-bond acceptors (Lipinski definition) is 4. The van der Waals surface area contributed by atoms with Gasteiger partial charge in [0.25, 0.3) is 11.8 Å². The second-order valence-corrected chi connectivity index (χ2v) is 5.71. The Balaban J connectivity index is 2.01. The molecule has 2 aromatic rings. The van der Waals surface area contributed by atoms with Gasteiger partial charge in [0.15, 0.2) is 11.5 Å². The third-order valence-electron chi connectivity index (χ3n) is 3.66. The average molecular weight is 374 g/mol. The summed E-state index contributed by atoms with van der Waals surface area (Å²) in [5.41, 5.74) is 5.15. The van der Waals surface area contributed by atoms with Gasteiger partial charge in [0.2, 0.25) is 0 Å². The fraction of sp³-hybridized carbons (Fsp3) is 0.300. The van der Waals surface area contributed by atoms with Crippen molar-refractivity contribution in [1.82, 2.24) is 10.9 Å². The minimum absolute atomic E-state index is 0.228. The molecule has 6 nitrogen and oxygen atoms in total. The van der Waals surface area contributed by atoms with Crippen molar-refractivity contribution in [3.8, 4) is 11.5 Å². The van der Waals surface area contributed by atoms with Gasteiger partial charge in [-0.25, -0.2) is 4.39 Å². The SMILES string of the molecule is CCCCOc1ccc(C(=O)NNC(=O)c2ccc(F)cc2)cc1OCC. The van der Waals surface area contributed by atoms with Crippen molar-refractivity contribution in [3.63, 3.8) is 0 Å². The molecule has 27 heavy (non-hydrogen) atoms. The van der Waals surface area contributed by atoms with Gasteiger partial charge in [-0.2, -0.15) is 0 Å². The molecule has 0 saturated heterocycles. The minimum Gasteiger partial charge on any atom is -0.490 e. The lowest BCUT2D eigenvalue weighted by Crippen LogP contribution is -2.41. The summed E-state index contributed by atoms with van der Waals surface area (Å²) in [6.45, 7) is 4.90. The summed E-state index contributed by atoms with van der Waals surface area (Å²) in [5, 5.41) is 0. The van der Waals surface area contributed by atoms with Crippen LogP contribution >= 0.6 is 0 Å². The van der Waals surface area contributed by atoms with E-state index >= 15 is 0 Å². The molecule has 2 N–H and O–H groups in total. The lowest BCUT2D eigenvalue weighted by Gasteiger charge is -2.13. The first kappa shape index (κ1) is 20.2. The zero-order valence-corrected chi connectivity index (χ0v) is 15.4. The summed E-state index contributed by atoms with van der Waals surface area (Å²) in [5.74, 6) is -0.469. The molecule has 0 aliphatic rings. The molecule has 2 aromatic carbocycles.